The van der Waals surface area contributed by atoms with E-state index in [9.17, 15) is 5.11 Å². The Bertz CT molecular complexity index is 155. The van der Waals surface area contributed by atoms with Crippen LogP contribution in [-0.2, 0) is 27.1 Å². The van der Waals surface area contributed by atoms with Gasteiger partial charge in [0.1, 0.15) is 12.2 Å². The second kappa shape index (κ2) is 5.69. The van der Waals surface area contributed by atoms with Crippen LogP contribution in [0.25, 0.3) is 0 Å². The van der Waals surface area contributed by atoms with E-state index in [1.807, 2.05) is 0 Å². The Labute approximate surface area is 96.6 Å². The average molecular weight is 392 g/mol. The van der Waals surface area contributed by atoms with Gasteiger partial charge in [-0.05, 0) is 0 Å². The maximum atomic E-state index is 11.0. The first-order valence-corrected chi connectivity index (χ1v) is 4.06. The quantitative estimate of drug-likeness (QED) is 0.284. The van der Waals surface area contributed by atoms with Gasteiger partial charge in [0.25, 0.3) is 0 Å². The van der Waals surface area contributed by atoms with Crippen LogP contribution in [0.3, 0.4) is 0 Å². The number of hydrogen-bond donors (Lipinski definition) is 4. The molecule has 0 aromatic carbocycles. The van der Waals surface area contributed by atoms with Crippen LogP contribution in [0.4, 0.5) is 0 Å². The largest absolute Gasteiger partial charge is 1.00 e. The molecule has 0 aliphatic carbocycles. The molecule has 7 heteroatoms. The summed E-state index contributed by atoms with van der Waals surface area (Å²) in [6.07, 6.45) is -5.17. The molecule has 5 nitrogen and oxygen atoms in total. The summed E-state index contributed by atoms with van der Waals surface area (Å²) in [5, 5.41) is 37.9. The van der Waals surface area contributed by atoms with Gasteiger partial charge in [0.2, 0.25) is 0 Å². The molecule has 0 amide bonds. The van der Waals surface area contributed by atoms with Gasteiger partial charge in [-0.1, -0.05) is 6.10 Å². The van der Waals surface area contributed by atoms with Crippen LogP contribution in [0.1, 0.15) is 0 Å². The molecular weight excluding hydrogens is 381 g/mol. The molecule has 0 aromatic heterocycles. The van der Waals surface area contributed by atoms with Gasteiger partial charge in [-0.3, -0.25) is 0 Å². The smallest absolute Gasteiger partial charge is 0.848 e. The van der Waals surface area contributed by atoms with Crippen molar-refractivity contribution >= 4 is 12.6 Å². The van der Waals surface area contributed by atoms with Crippen molar-refractivity contribution in [3.63, 3.8) is 0 Å². The van der Waals surface area contributed by atoms with Crippen molar-refractivity contribution < 1.29 is 47.5 Å². The Morgan fingerprint density at radius 3 is 2.31 bits per heavy atom. The van der Waals surface area contributed by atoms with E-state index < -0.39 is 36.5 Å². The van der Waals surface area contributed by atoms with Crippen molar-refractivity contribution in [3.8, 4) is 0 Å². The van der Waals surface area contributed by atoms with Crippen molar-refractivity contribution in [2.24, 2.45) is 0 Å². The maximum absolute atomic E-state index is 11.0. The Balaban J connectivity index is 0.00000144. The van der Waals surface area contributed by atoms with E-state index in [0.717, 1.165) is 0 Å². The molecule has 13 heavy (non-hydrogen) atoms. The van der Waals surface area contributed by atoms with Crippen molar-refractivity contribution in [2.45, 2.75) is 29.9 Å². The van der Waals surface area contributed by atoms with Crippen LogP contribution in [0.2, 0.25) is 0 Å². The summed E-state index contributed by atoms with van der Waals surface area (Å²) in [5.41, 5.74) is -0.986. The summed E-state index contributed by atoms with van der Waals surface area (Å²) in [6, 6.07) is 0. The minimum Gasteiger partial charge on any atom is -0.848 e. The molecule has 3 N–H and O–H groups in total. The van der Waals surface area contributed by atoms with Crippen LogP contribution < -0.4 is 5.11 Å². The Hall–Kier alpha value is 0.890. The summed E-state index contributed by atoms with van der Waals surface area (Å²) in [4.78, 5) is 0. The predicted molar refractivity (Wildman–Crippen MR) is 40.5 cm³/mol. The van der Waals surface area contributed by atoms with Gasteiger partial charge in [0.05, 0.1) is 18.1 Å². The summed E-state index contributed by atoms with van der Waals surface area (Å²) in [7, 11) is 0. The first-order chi connectivity index (χ1) is 5.57. The standard InChI is InChI=1S/C6H11O5S.Au/c7-1-2-3(8)4(9)5(10)6(12)11-2;/h2-9,12H,1H2;/q-1;+1/t2-,3-,4+,5-,6?;/m1./s1. The zero-order chi connectivity index (χ0) is 9.30. The van der Waals surface area contributed by atoms with Gasteiger partial charge in [-0.25, -0.2) is 0 Å². The molecule has 1 aliphatic rings. The van der Waals surface area contributed by atoms with E-state index in [2.05, 4.69) is 12.6 Å². The van der Waals surface area contributed by atoms with Gasteiger partial charge >= 0.3 is 22.4 Å². The van der Waals surface area contributed by atoms with Crippen molar-refractivity contribution in [1.82, 2.24) is 0 Å². The third-order valence-electron chi connectivity index (χ3n) is 1.84. The summed E-state index contributed by atoms with van der Waals surface area (Å²) >= 11 is 3.75. The summed E-state index contributed by atoms with van der Waals surface area (Å²) < 4.78 is 4.82. The van der Waals surface area contributed by atoms with E-state index in [1.54, 1.807) is 0 Å². The Morgan fingerprint density at radius 2 is 1.85 bits per heavy atom. The second-order valence-electron chi connectivity index (χ2n) is 2.69. The number of rotatable bonds is 1. The van der Waals surface area contributed by atoms with E-state index in [4.69, 9.17) is 20.1 Å². The molecule has 1 rings (SSSR count). The molecule has 0 spiro atoms. The number of ether oxygens (including phenoxy) is 1. The van der Waals surface area contributed by atoms with Crippen molar-refractivity contribution in [2.75, 3.05) is 6.61 Å². The molecule has 82 valence electrons. The molecular formula is C6H11AuO5S. The average Bonchev–Trinajstić information content (AvgIpc) is 2.08. The Kier molecular flexibility index (Phi) is 6.08. The minimum absolute atomic E-state index is 0. The van der Waals surface area contributed by atoms with Crippen LogP contribution in [0, 0.1) is 0 Å². The summed E-state index contributed by atoms with van der Waals surface area (Å²) in [6.45, 7) is -0.442. The summed E-state index contributed by atoms with van der Waals surface area (Å²) in [5.74, 6) is 0. The van der Waals surface area contributed by atoms with E-state index in [0.29, 0.717) is 0 Å². The van der Waals surface area contributed by atoms with Gasteiger partial charge in [-0.2, -0.15) is 0 Å². The van der Waals surface area contributed by atoms with Crippen LogP contribution in [-0.4, -0.2) is 51.8 Å². The fourth-order valence-electron chi connectivity index (χ4n) is 1.07. The van der Waals surface area contributed by atoms with Crippen LogP contribution in [0.15, 0.2) is 0 Å². The first kappa shape index (κ1) is 13.9. The number of aliphatic hydroxyl groups is 3. The SMILES string of the molecule is [Au+].[O-][C@H]1C(S)O[C@H](CO)[C@@H](O)[C@@H]1O. The molecule has 0 bridgehead atoms. The fourth-order valence-corrected chi connectivity index (χ4v) is 1.40. The molecule has 0 aromatic rings. The maximum Gasteiger partial charge on any atom is 1.00 e. The van der Waals surface area contributed by atoms with E-state index >= 15 is 0 Å². The van der Waals surface area contributed by atoms with E-state index in [1.165, 1.54) is 0 Å². The fraction of sp³-hybridized carbons (Fsp3) is 1.00. The molecule has 1 unspecified atom stereocenters. The molecule has 1 heterocycles. The van der Waals surface area contributed by atoms with Gasteiger partial charge in [-0.15, -0.1) is 12.6 Å². The first-order valence-electron chi connectivity index (χ1n) is 3.54. The van der Waals surface area contributed by atoms with Gasteiger partial charge in [0.15, 0.2) is 0 Å². The topological polar surface area (TPSA) is 93.0 Å². The number of hydrogen-bond acceptors (Lipinski definition) is 6. The number of thiol groups is 1. The molecule has 5 atom stereocenters. The molecule has 1 saturated heterocycles. The van der Waals surface area contributed by atoms with Gasteiger partial charge < -0.3 is 25.2 Å². The zero-order valence-corrected chi connectivity index (χ0v) is 9.56. The monoisotopic (exact) mass is 392 g/mol. The Morgan fingerprint density at radius 1 is 1.31 bits per heavy atom. The molecule has 0 saturated carbocycles. The molecule has 1 fully saturated rings. The molecule has 0 radical (unpaired) electrons. The van der Waals surface area contributed by atoms with Crippen LogP contribution >= 0.6 is 12.6 Å². The predicted octanol–water partition coefficient (Wildman–Crippen LogP) is -2.92. The third kappa shape index (κ3) is 2.92. The third-order valence-corrected chi connectivity index (χ3v) is 2.26. The normalized spacial score (nSPS) is 45.5. The zero-order valence-electron chi connectivity index (χ0n) is 6.50. The second-order valence-corrected chi connectivity index (χ2v) is 3.20. The van der Waals surface area contributed by atoms with E-state index in [-0.39, 0.29) is 22.4 Å². The minimum atomic E-state index is -1.48. The molecule has 1 aliphatic heterocycles. The number of aliphatic hydroxyl groups excluding tert-OH is 3. The van der Waals surface area contributed by atoms with Crippen molar-refractivity contribution in [3.05, 3.63) is 0 Å². The van der Waals surface area contributed by atoms with Crippen LogP contribution in [0.5, 0.6) is 0 Å². The van der Waals surface area contributed by atoms with Crippen molar-refractivity contribution in [1.29, 1.82) is 0 Å². The van der Waals surface area contributed by atoms with Gasteiger partial charge in [0, 0.05) is 0 Å².